The fraction of sp³-hybridized carbons (Fsp3) is 0.286. The van der Waals surface area contributed by atoms with Crippen LogP contribution in [0.25, 0.3) is 0 Å². The first-order chi connectivity index (χ1) is 10.1. The Labute approximate surface area is 136 Å². The Kier molecular flexibility index (Phi) is 6.07. The Balaban J connectivity index is 1.65. The second-order valence-electron chi connectivity index (χ2n) is 4.34. The third-order valence-electron chi connectivity index (χ3n) is 2.70. The van der Waals surface area contributed by atoms with Crippen molar-refractivity contribution in [1.82, 2.24) is 15.1 Å². The number of amides is 1. The van der Waals surface area contributed by atoms with E-state index >= 15 is 0 Å². The van der Waals surface area contributed by atoms with Gasteiger partial charge in [0.2, 0.25) is 0 Å². The Morgan fingerprint density at radius 3 is 3.05 bits per heavy atom. The standard InChI is InChI=1S/C14H15BrClN3O2/c15-11-3-4-13(12(16)9-11)21-10-14(20)17-5-1-7-19-8-2-6-18-19/h2-4,6,8-9H,1,5,7,10H2,(H,17,20). The van der Waals surface area contributed by atoms with Crippen molar-refractivity contribution in [3.05, 3.63) is 46.2 Å². The van der Waals surface area contributed by atoms with Crippen LogP contribution in [0.4, 0.5) is 0 Å². The summed E-state index contributed by atoms with van der Waals surface area (Å²) in [6.45, 7) is 1.30. The first-order valence-electron chi connectivity index (χ1n) is 6.47. The van der Waals surface area contributed by atoms with Crippen molar-refractivity contribution in [3.63, 3.8) is 0 Å². The fourth-order valence-electron chi connectivity index (χ4n) is 1.69. The number of carbonyl (C=O) groups excluding carboxylic acids is 1. The molecule has 1 heterocycles. The van der Waals surface area contributed by atoms with Crippen LogP contribution in [0.1, 0.15) is 6.42 Å². The first kappa shape index (κ1) is 15.9. The van der Waals surface area contributed by atoms with Crippen molar-refractivity contribution < 1.29 is 9.53 Å². The van der Waals surface area contributed by atoms with E-state index in [-0.39, 0.29) is 12.5 Å². The van der Waals surface area contributed by atoms with Gasteiger partial charge in [0.15, 0.2) is 6.61 Å². The first-order valence-corrected chi connectivity index (χ1v) is 7.64. The number of benzene rings is 1. The summed E-state index contributed by atoms with van der Waals surface area (Å²) in [5.74, 6) is 0.320. The number of carbonyl (C=O) groups is 1. The van der Waals surface area contributed by atoms with Gasteiger partial charge >= 0.3 is 0 Å². The molecule has 2 rings (SSSR count). The van der Waals surface area contributed by atoms with E-state index in [0.717, 1.165) is 17.4 Å². The highest BCUT2D eigenvalue weighted by atomic mass is 79.9. The van der Waals surface area contributed by atoms with E-state index in [1.807, 2.05) is 23.0 Å². The van der Waals surface area contributed by atoms with Crippen LogP contribution >= 0.6 is 27.5 Å². The average molecular weight is 373 g/mol. The molecule has 1 amide bonds. The molecule has 0 aliphatic carbocycles. The van der Waals surface area contributed by atoms with Gasteiger partial charge in [-0.1, -0.05) is 27.5 Å². The molecule has 0 saturated heterocycles. The maximum Gasteiger partial charge on any atom is 0.257 e. The molecule has 1 aromatic heterocycles. The molecular weight excluding hydrogens is 358 g/mol. The van der Waals surface area contributed by atoms with Gasteiger partial charge in [-0.25, -0.2) is 0 Å². The molecule has 1 aromatic carbocycles. The molecule has 0 aliphatic rings. The zero-order chi connectivity index (χ0) is 15.1. The number of aromatic nitrogens is 2. The van der Waals surface area contributed by atoms with Gasteiger partial charge in [-0.2, -0.15) is 5.10 Å². The highest BCUT2D eigenvalue weighted by molar-refractivity contribution is 9.10. The number of hydrogen-bond donors (Lipinski definition) is 1. The SMILES string of the molecule is O=C(COc1ccc(Br)cc1Cl)NCCCn1cccn1. The maximum absolute atomic E-state index is 11.6. The monoisotopic (exact) mass is 371 g/mol. The molecule has 0 unspecified atom stereocenters. The van der Waals surface area contributed by atoms with Gasteiger partial charge in [-0.3, -0.25) is 9.48 Å². The summed E-state index contributed by atoms with van der Waals surface area (Å²) < 4.78 is 8.06. The summed E-state index contributed by atoms with van der Waals surface area (Å²) in [6.07, 6.45) is 4.43. The van der Waals surface area contributed by atoms with Gasteiger partial charge in [-0.05, 0) is 30.7 Å². The number of hydrogen-bond acceptors (Lipinski definition) is 3. The van der Waals surface area contributed by atoms with Gasteiger partial charge < -0.3 is 10.1 Å². The van der Waals surface area contributed by atoms with E-state index in [1.165, 1.54) is 0 Å². The zero-order valence-electron chi connectivity index (χ0n) is 11.3. The van der Waals surface area contributed by atoms with E-state index in [0.29, 0.717) is 17.3 Å². The zero-order valence-corrected chi connectivity index (χ0v) is 13.6. The van der Waals surface area contributed by atoms with E-state index in [9.17, 15) is 4.79 Å². The molecule has 1 N–H and O–H groups in total. The van der Waals surface area contributed by atoms with Gasteiger partial charge in [0.25, 0.3) is 5.91 Å². The summed E-state index contributed by atoms with van der Waals surface area (Å²) >= 11 is 9.31. The van der Waals surface area contributed by atoms with E-state index in [4.69, 9.17) is 16.3 Å². The molecular formula is C14H15BrClN3O2. The van der Waals surface area contributed by atoms with E-state index in [1.54, 1.807) is 18.3 Å². The van der Waals surface area contributed by atoms with Crippen molar-refractivity contribution in [1.29, 1.82) is 0 Å². The minimum atomic E-state index is -0.172. The molecule has 0 spiro atoms. The van der Waals surface area contributed by atoms with E-state index < -0.39 is 0 Å². The maximum atomic E-state index is 11.6. The number of ether oxygens (including phenoxy) is 1. The molecule has 0 saturated carbocycles. The molecule has 0 radical (unpaired) electrons. The number of aryl methyl sites for hydroxylation is 1. The molecule has 5 nitrogen and oxygen atoms in total. The highest BCUT2D eigenvalue weighted by Gasteiger charge is 2.06. The second-order valence-corrected chi connectivity index (χ2v) is 5.66. The lowest BCUT2D eigenvalue weighted by molar-refractivity contribution is -0.123. The number of nitrogens with zero attached hydrogens (tertiary/aromatic N) is 2. The quantitative estimate of drug-likeness (QED) is 0.760. The Morgan fingerprint density at radius 1 is 1.48 bits per heavy atom. The number of halogens is 2. The van der Waals surface area contributed by atoms with E-state index in [2.05, 4.69) is 26.3 Å². The van der Waals surface area contributed by atoms with Gasteiger partial charge in [0, 0.05) is 30.0 Å². The van der Waals surface area contributed by atoms with Crippen LogP contribution in [0.15, 0.2) is 41.1 Å². The molecule has 0 fully saturated rings. The predicted molar refractivity (Wildman–Crippen MR) is 84.5 cm³/mol. The Hall–Kier alpha value is -1.53. The molecule has 21 heavy (non-hydrogen) atoms. The normalized spacial score (nSPS) is 10.4. The summed E-state index contributed by atoms with van der Waals surface area (Å²) in [5, 5.41) is 7.34. The number of rotatable bonds is 7. The van der Waals surface area contributed by atoms with Gasteiger partial charge in [0.05, 0.1) is 5.02 Å². The van der Waals surface area contributed by atoms with Crippen molar-refractivity contribution in [2.45, 2.75) is 13.0 Å². The summed E-state index contributed by atoms with van der Waals surface area (Å²) in [7, 11) is 0. The minimum Gasteiger partial charge on any atom is -0.482 e. The Bertz CT molecular complexity index is 590. The van der Waals surface area contributed by atoms with Gasteiger partial charge in [-0.15, -0.1) is 0 Å². The summed E-state index contributed by atoms with van der Waals surface area (Å²) in [5.41, 5.74) is 0. The largest absolute Gasteiger partial charge is 0.482 e. The number of nitrogens with one attached hydrogen (secondary N) is 1. The second kappa shape index (κ2) is 8.05. The predicted octanol–water partition coefficient (Wildman–Crippen LogP) is 2.88. The van der Waals surface area contributed by atoms with Crippen molar-refractivity contribution in [3.8, 4) is 5.75 Å². The van der Waals surface area contributed by atoms with Crippen LogP contribution < -0.4 is 10.1 Å². The fourth-order valence-corrected chi connectivity index (χ4v) is 2.42. The lowest BCUT2D eigenvalue weighted by Crippen LogP contribution is -2.30. The molecule has 0 atom stereocenters. The van der Waals surface area contributed by atoms with Crippen molar-refractivity contribution in [2.75, 3.05) is 13.2 Å². The third-order valence-corrected chi connectivity index (χ3v) is 3.49. The summed E-state index contributed by atoms with van der Waals surface area (Å²) in [6, 6.07) is 7.12. The van der Waals surface area contributed by atoms with Crippen LogP contribution in [-0.4, -0.2) is 28.8 Å². The molecule has 7 heteroatoms. The molecule has 0 bridgehead atoms. The third kappa shape index (κ3) is 5.40. The molecule has 0 aliphatic heterocycles. The summed E-state index contributed by atoms with van der Waals surface area (Å²) in [4.78, 5) is 11.6. The topological polar surface area (TPSA) is 56.1 Å². The molecule has 112 valence electrons. The lowest BCUT2D eigenvalue weighted by Gasteiger charge is -2.09. The minimum absolute atomic E-state index is 0.0525. The van der Waals surface area contributed by atoms with Crippen molar-refractivity contribution >= 4 is 33.4 Å². The van der Waals surface area contributed by atoms with Crippen LogP contribution in [0.2, 0.25) is 5.02 Å². The van der Waals surface area contributed by atoms with Crippen LogP contribution in [0, 0.1) is 0 Å². The van der Waals surface area contributed by atoms with Crippen LogP contribution in [0.5, 0.6) is 5.75 Å². The average Bonchev–Trinajstić information content (AvgIpc) is 2.96. The lowest BCUT2D eigenvalue weighted by atomic mass is 10.3. The van der Waals surface area contributed by atoms with Crippen LogP contribution in [-0.2, 0) is 11.3 Å². The molecule has 2 aromatic rings. The Morgan fingerprint density at radius 2 is 2.33 bits per heavy atom. The van der Waals surface area contributed by atoms with Gasteiger partial charge in [0.1, 0.15) is 5.75 Å². The van der Waals surface area contributed by atoms with Crippen molar-refractivity contribution in [2.24, 2.45) is 0 Å². The highest BCUT2D eigenvalue weighted by Crippen LogP contribution is 2.27. The smallest absolute Gasteiger partial charge is 0.257 e. The van der Waals surface area contributed by atoms with Crippen LogP contribution in [0.3, 0.4) is 0 Å².